The molecule has 0 aromatic carbocycles. The summed E-state index contributed by atoms with van der Waals surface area (Å²) in [5, 5.41) is 15.2. The van der Waals surface area contributed by atoms with Gasteiger partial charge in [-0.05, 0) is 20.8 Å². The molecule has 0 radical (unpaired) electrons. The highest BCUT2D eigenvalue weighted by atomic mass is 32.2. The molecule has 3 heterocycles. The van der Waals surface area contributed by atoms with Crippen molar-refractivity contribution in [3.8, 4) is 0 Å². The molecule has 0 bridgehead atoms. The zero-order valence-electron chi connectivity index (χ0n) is 14.1. The van der Waals surface area contributed by atoms with Gasteiger partial charge in [-0.15, -0.1) is 5.10 Å². The van der Waals surface area contributed by atoms with Gasteiger partial charge in [-0.2, -0.15) is 0 Å². The van der Waals surface area contributed by atoms with Crippen LogP contribution in [0.4, 0.5) is 0 Å². The summed E-state index contributed by atoms with van der Waals surface area (Å²) in [6.45, 7) is 3.68. The summed E-state index contributed by atoms with van der Waals surface area (Å²) in [6, 6.07) is -1.59. The molecule has 10 heteroatoms. The summed E-state index contributed by atoms with van der Waals surface area (Å²) >= 11 is 0. The molecule has 2 saturated heterocycles. The number of carbonyl (C=O) groups excluding carboxylic acids is 1. The Morgan fingerprint density at radius 1 is 1.50 bits per heavy atom. The molecule has 3 rings (SSSR count). The molecule has 1 amide bonds. The number of carbonyl (C=O) groups is 2. The van der Waals surface area contributed by atoms with Crippen LogP contribution in [0.2, 0.25) is 0 Å². The van der Waals surface area contributed by atoms with E-state index in [0.29, 0.717) is 0 Å². The van der Waals surface area contributed by atoms with E-state index in [1.54, 1.807) is 0 Å². The van der Waals surface area contributed by atoms with Gasteiger partial charge in [0.05, 0.1) is 20.9 Å². The Morgan fingerprint density at radius 2 is 2.14 bits per heavy atom. The number of hydrogen-bond acceptors (Lipinski definition) is 6. The lowest BCUT2D eigenvalue weighted by atomic mass is 9.80. The number of carboxylic acids is 1. The van der Waals surface area contributed by atoms with Crippen LogP contribution in [-0.2, 0) is 26.0 Å². The number of fused-ring (bicyclic) bond motifs is 1. The van der Waals surface area contributed by atoms with Crippen LogP contribution in [0.25, 0.3) is 0 Å². The van der Waals surface area contributed by atoms with E-state index in [1.807, 2.05) is 0 Å². The number of aromatic nitrogens is 3. The number of rotatable bonds is 3. The molecular formula is C12H16N4O5S. The van der Waals surface area contributed by atoms with Gasteiger partial charge in [-0.1, -0.05) is 5.21 Å². The minimum absolute atomic E-state index is 0.421. The summed E-state index contributed by atoms with van der Waals surface area (Å²) in [7, 11) is -4.08. The summed E-state index contributed by atoms with van der Waals surface area (Å²) in [5.74, 6) is -1.98. The Labute approximate surface area is 129 Å². The van der Waals surface area contributed by atoms with Crippen molar-refractivity contribution in [2.24, 2.45) is 5.41 Å². The maximum atomic E-state index is 13.0. The third-order valence-electron chi connectivity index (χ3n) is 4.54. The van der Waals surface area contributed by atoms with Gasteiger partial charge in [0.1, 0.15) is 10.1 Å². The second kappa shape index (κ2) is 4.06. The van der Waals surface area contributed by atoms with Crippen molar-refractivity contribution in [1.29, 1.82) is 0 Å². The number of carboxylic acid groups (broad SMARTS) is 1. The van der Waals surface area contributed by atoms with Crippen LogP contribution in [0.1, 0.15) is 23.5 Å². The van der Waals surface area contributed by atoms with Gasteiger partial charge in [-0.3, -0.25) is 9.48 Å². The molecule has 2 aliphatic heterocycles. The Bertz CT molecular complexity index is 867. The van der Waals surface area contributed by atoms with Crippen molar-refractivity contribution in [3.63, 3.8) is 0 Å². The van der Waals surface area contributed by atoms with Gasteiger partial charge in [-0.25, -0.2) is 13.2 Å². The molecule has 2 fully saturated rings. The van der Waals surface area contributed by atoms with Crippen LogP contribution in [0.3, 0.4) is 0 Å². The lowest BCUT2D eigenvalue weighted by Crippen LogP contribution is -2.68. The zero-order chi connectivity index (χ0) is 18.2. The van der Waals surface area contributed by atoms with Crippen LogP contribution in [0, 0.1) is 5.41 Å². The molecule has 1 aromatic heterocycles. The fourth-order valence-electron chi connectivity index (χ4n) is 3.43. The molecule has 0 saturated carbocycles. The first-order valence-corrected chi connectivity index (χ1v) is 8.07. The number of sulfone groups is 1. The van der Waals surface area contributed by atoms with Gasteiger partial charge in [0.15, 0.2) is 15.9 Å². The molecule has 3 atom stereocenters. The number of β-lactam (4-membered cyclic amide) rings is 1. The molecular weight excluding hydrogens is 312 g/mol. The minimum atomic E-state index is -4.08. The molecule has 0 spiro atoms. The highest BCUT2D eigenvalue weighted by molar-refractivity contribution is 7.94. The lowest BCUT2D eigenvalue weighted by Gasteiger charge is -2.48. The van der Waals surface area contributed by atoms with Crippen molar-refractivity contribution >= 4 is 21.7 Å². The van der Waals surface area contributed by atoms with E-state index < -0.39 is 62.2 Å². The van der Waals surface area contributed by atoms with Gasteiger partial charge in [0.25, 0.3) is 0 Å². The second-order valence-electron chi connectivity index (χ2n) is 6.36. The topological polar surface area (TPSA) is 122 Å². The Balaban J connectivity index is 2.15. The van der Waals surface area contributed by atoms with Crippen molar-refractivity contribution in [2.75, 3.05) is 0 Å². The van der Waals surface area contributed by atoms with Crippen molar-refractivity contribution in [3.05, 3.63) is 12.3 Å². The highest BCUT2D eigenvalue weighted by Crippen LogP contribution is 2.54. The predicted molar refractivity (Wildman–Crippen MR) is 73.2 cm³/mol. The average molecular weight is 330 g/mol. The molecule has 0 unspecified atom stereocenters. The van der Waals surface area contributed by atoms with Crippen LogP contribution in [-0.4, -0.2) is 61.5 Å². The quantitative estimate of drug-likeness (QED) is 0.713. The van der Waals surface area contributed by atoms with Crippen LogP contribution >= 0.6 is 0 Å². The molecule has 2 aliphatic rings. The first kappa shape index (κ1) is 12.6. The number of aliphatic carboxylic acids is 1. The van der Waals surface area contributed by atoms with Crippen molar-refractivity contribution < 1.29 is 25.9 Å². The van der Waals surface area contributed by atoms with E-state index in [4.69, 9.17) is 2.74 Å². The molecule has 120 valence electrons. The van der Waals surface area contributed by atoms with E-state index in [9.17, 15) is 23.1 Å². The largest absolute Gasteiger partial charge is 0.480 e. The van der Waals surface area contributed by atoms with Crippen LogP contribution < -0.4 is 0 Å². The average Bonchev–Trinajstić information content (AvgIpc) is 2.85. The van der Waals surface area contributed by atoms with E-state index in [1.165, 1.54) is 20.8 Å². The SMILES string of the molecule is [2H]c1nnn(C[C@@]2(C)[C@H](C(=O)O)N3C(=O)C(C)(C)[C@H]3S2(=O)=O)c1[2H]. The fourth-order valence-corrected chi connectivity index (χ4v) is 6.16. The van der Waals surface area contributed by atoms with Gasteiger partial charge in [0.2, 0.25) is 5.91 Å². The maximum Gasteiger partial charge on any atom is 0.328 e. The van der Waals surface area contributed by atoms with E-state index in [-0.39, 0.29) is 0 Å². The summed E-state index contributed by atoms with van der Waals surface area (Å²) in [4.78, 5) is 24.9. The van der Waals surface area contributed by atoms with E-state index in [0.717, 1.165) is 9.58 Å². The minimum Gasteiger partial charge on any atom is -0.480 e. The smallest absolute Gasteiger partial charge is 0.328 e. The molecule has 22 heavy (non-hydrogen) atoms. The Hall–Kier alpha value is -1.97. The normalized spacial score (nSPS) is 36.3. The highest BCUT2D eigenvalue weighted by Gasteiger charge is 2.76. The summed E-state index contributed by atoms with van der Waals surface area (Å²) in [5.41, 5.74) is -1.21. The number of hydrogen-bond donors (Lipinski definition) is 1. The van der Waals surface area contributed by atoms with Crippen molar-refractivity contribution in [2.45, 2.75) is 43.5 Å². The number of nitrogens with zero attached hydrogens (tertiary/aromatic N) is 4. The van der Waals surface area contributed by atoms with Gasteiger partial charge in [0, 0.05) is 6.17 Å². The second-order valence-corrected chi connectivity index (χ2v) is 8.82. The zero-order valence-corrected chi connectivity index (χ0v) is 13.0. The fraction of sp³-hybridized carbons (Fsp3) is 0.667. The van der Waals surface area contributed by atoms with E-state index >= 15 is 0 Å². The molecule has 1 aromatic rings. The third-order valence-corrected chi connectivity index (χ3v) is 7.59. The summed E-state index contributed by atoms with van der Waals surface area (Å²) in [6.07, 6.45) is -0.865. The standard InChI is InChI=1S/C12H16N4O5S/c1-11(2)9(19)16-7(8(17)18)12(3,22(20,21)10(11)16)6-15-5-4-13-14-15/h4-5,7,10H,6H2,1-3H3,(H,17,18)/t7-,10+,12-/m0/s1/i4D,5D. The first-order chi connectivity index (χ1) is 10.9. The summed E-state index contributed by atoms with van der Waals surface area (Å²) < 4.78 is 40.2. The van der Waals surface area contributed by atoms with Crippen LogP contribution in [0.5, 0.6) is 0 Å². The lowest BCUT2D eigenvalue weighted by molar-refractivity contribution is -0.171. The molecule has 0 aliphatic carbocycles. The molecule has 1 N–H and O–H groups in total. The number of amides is 1. The van der Waals surface area contributed by atoms with Crippen LogP contribution in [0.15, 0.2) is 12.3 Å². The Kier molecular flexibility index (Phi) is 2.32. The van der Waals surface area contributed by atoms with Gasteiger partial charge >= 0.3 is 5.97 Å². The third kappa shape index (κ3) is 1.50. The van der Waals surface area contributed by atoms with E-state index in [2.05, 4.69) is 10.3 Å². The van der Waals surface area contributed by atoms with Crippen molar-refractivity contribution in [1.82, 2.24) is 19.9 Å². The molecule has 9 nitrogen and oxygen atoms in total. The predicted octanol–water partition coefficient (Wildman–Crippen LogP) is -0.887. The first-order valence-electron chi connectivity index (χ1n) is 7.53. The van der Waals surface area contributed by atoms with Gasteiger partial charge < -0.3 is 10.0 Å². The monoisotopic (exact) mass is 330 g/mol. The Morgan fingerprint density at radius 3 is 2.64 bits per heavy atom. The maximum absolute atomic E-state index is 13.0.